The van der Waals surface area contributed by atoms with Crippen LogP contribution in [0.1, 0.15) is 23.2 Å². The van der Waals surface area contributed by atoms with Crippen molar-refractivity contribution in [3.63, 3.8) is 0 Å². The van der Waals surface area contributed by atoms with Gasteiger partial charge in [0.2, 0.25) is 0 Å². The van der Waals surface area contributed by atoms with Crippen LogP contribution in [-0.4, -0.2) is 11.5 Å². The first-order chi connectivity index (χ1) is 8.69. The molecule has 0 fully saturated rings. The normalized spacial score (nSPS) is 10.8. The number of rotatable bonds is 5. The Bertz CT molecular complexity index is 527. The maximum absolute atomic E-state index is 12.9. The minimum absolute atomic E-state index is 0.310. The van der Waals surface area contributed by atoms with Gasteiger partial charge in [0.15, 0.2) is 0 Å². The lowest BCUT2D eigenvalue weighted by Crippen LogP contribution is -2.11. The first-order valence-electron chi connectivity index (χ1n) is 5.77. The quantitative estimate of drug-likeness (QED) is 0.907. The molecule has 0 saturated heterocycles. The number of halogens is 2. The predicted molar refractivity (Wildman–Crippen MR) is 73.7 cm³/mol. The maximum atomic E-state index is 12.9. The van der Waals surface area contributed by atoms with Crippen molar-refractivity contribution in [2.24, 2.45) is 0 Å². The number of hydrogen-bond acceptors (Lipinski definition) is 3. The molecule has 0 bridgehead atoms. The van der Waals surface area contributed by atoms with Gasteiger partial charge in [0.25, 0.3) is 0 Å². The van der Waals surface area contributed by atoms with E-state index in [1.165, 1.54) is 12.1 Å². The van der Waals surface area contributed by atoms with Crippen LogP contribution < -0.4 is 5.32 Å². The van der Waals surface area contributed by atoms with Gasteiger partial charge in [-0.1, -0.05) is 24.6 Å². The lowest BCUT2D eigenvalue weighted by molar-refractivity contribution is 0.627. The van der Waals surface area contributed by atoms with E-state index in [9.17, 15) is 4.39 Å². The van der Waals surface area contributed by atoms with E-state index in [1.807, 2.05) is 5.38 Å². The van der Waals surface area contributed by atoms with Crippen molar-refractivity contribution in [1.29, 1.82) is 0 Å². The van der Waals surface area contributed by atoms with Crippen molar-refractivity contribution in [3.8, 4) is 0 Å². The van der Waals surface area contributed by atoms with Gasteiger partial charge in [-0.05, 0) is 24.2 Å². The van der Waals surface area contributed by atoms with E-state index < -0.39 is 0 Å². The van der Waals surface area contributed by atoms with Crippen LogP contribution in [0, 0.1) is 5.82 Å². The van der Waals surface area contributed by atoms with Crippen molar-refractivity contribution in [2.45, 2.75) is 19.9 Å². The van der Waals surface area contributed by atoms with Gasteiger partial charge >= 0.3 is 0 Å². The third-order valence-corrected chi connectivity index (χ3v) is 3.76. The first kappa shape index (κ1) is 13.5. The van der Waals surface area contributed by atoms with Crippen LogP contribution in [0.15, 0.2) is 23.6 Å². The lowest BCUT2D eigenvalue weighted by Gasteiger charge is -2.01. The number of nitrogens with zero attached hydrogens (tertiary/aromatic N) is 1. The Hall–Kier alpha value is -0.970. The molecule has 2 rings (SSSR count). The van der Waals surface area contributed by atoms with Crippen LogP contribution >= 0.6 is 22.9 Å². The van der Waals surface area contributed by atoms with Gasteiger partial charge in [-0.3, -0.25) is 0 Å². The summed E-state index contributed by atoms with van der Waals surface area (Å²) in [5.74, 6) is -0.310. The fourth-order valence-electron chi connectivity index (χ4n) is 1.59. The number of thiazole rings is 1. The van der Waals surface area contributed by atoms with Crippen molar-refractivity contribution in [2.75, 3.05) is 6.54 Å². The minimum atomic E-state index is -0.310. The van der Waals surface area contributed by atoms with Crippen molar-refractivity contribution in [1.82, 2.24) is 10.3 Å². The number of aromatic nitrogens is 1. The van der Waals surface area contributed by atoms with E-state index in [0.717, 1.165) is 29.4 Å². The summed E-state index contributed by atoms with van der Waals surface area (Å²) in [7, 11) is 0. The van der Waals surface area contributed by atoms with Crippen LogP contribution in [0.3, 0.4) is 0 Å². The van der Waals surface area contributed by atoms with E-state index in [4.69, 9.17) is 11.6 Å². The van der Waals surface area contributed by atoms with Gasteiger partial charge in [-0.2, -0.15) is 0 Å². The van der Waals surface area contributed by atoms with Crippen LogP contribution in [0.2, 0.25) is 5.02 Å². The topological polar surface area (TPSA) is 24.9 Å². The summed E-state index contributed by atoms with van der Waals surface area (Å²) in [4.78, 5) is 4.51. The summed E-state index contributed by atoms with van der Waals surface area (Å²) >= 11 is 7.60. The highest BCUT2D eigenvalue weighted by atomic mass is 35.5. The van der Waals surface area contributed by atoms with E-state index in [-0.39, 0.29) is 5.82 Å². The Morgan fingerprint density at radius 3 is 3.00 bits per heavy atom. The predicted octanol–water partition coefficient (Wildman–Crippen LogP) is 3.64. The Labute approximate surface area is 115 Å². The molecule has 0 aliphatic heterocycles. The van der Waals surface area contributed by atoms with Crippen LogP contribution in [0.25, 0.3) is 0 Å². The summed E-state index contributed by atoms with van der Waals surface area (Å²) in [6, 6.07) is 4.47. The molecule has 0 aliphatic carbocycles. The third kappa shape index (κ3) is 3.51. The van der Waals surface area contributed by atoms with Crippen molar-refractivity contribution in [3.05, 3.63) is 50.7 Å². The largest absolute Gasteiger partial charge is 0.311 e. The standard InChI is InChI=1S/C13H14ClFN2S/c1-2-16-7-11-8-18-13(17-11)5-9-3-4-10(15)6-12(9)14/h3-4,6,8,16H,2,5,7H2,1H3. The molecule has 0 radical (unpaired) electrons. The molecule has 2 nitrogen and oxygen atoms in total. The minimum Gasteiger partial charge on any atom is -0.311 e. The number of nitrogens with one attached hydrogen (secondary N) is 1. The first-order valence-corrected chi connectivity index (χ1v) is 7.02. The van der Waals surface area contributed by atoms with E-state index in [0.29, 0.717) is 11.4 Å². The highest BCUT2D eigenvalue weighted by molar-refractivity contribution is 7.09. The highest BCUT2D eigenvalue weighted by Crippen LogP contribution is 2.22. The summed E-state index contributed by atoms with van der Waals surface area (Å²) in [6.07, 6.45) is 0.649. The van der Waals surface area contributed by atoms with Gasteiger partial charge in [0.05, 0.1) is 10.7 Å². The molecular formula is C13H14ClFN2S. The van der Waals surface area contributed by atoms with E-state index >= 15 is 0 Å². The summed E-state index contributed by atoms with van der Waals surface area (Å²) in [5, 5.41) is 6.72. The van der Waals surface area contributed by atoms with Gasteiger partial charge in [0, 0.05) is 23.4 Å². The summed E-state index contributed by atoms with van der Waals surface area (Å²) in [5.41, 5.74) is 1.94. The number of hydrogen-bond donors (Lipinski definition) is 1. The molecule has 96 valence electrons. The highest BCUT2D eigenvalue weighted by Gasteiger charge is 2.07. The summed E-state index contributed by atoms with van der Waals surface area (Å²) < 4.78 is 12.9. The van der Waals surface area contributed by atoms with Crippen LogP contribution in [0.5, 0.6) is 0 Å². The molecule has 1 aromatic carbocycles. The zero-order valence-electron chi connectivity index (χ0n) is 10.0. The number of benzene rings is 1. The molecule has 0 spiro atoms. The molecule has 0 aliphatic rings. The SMILES string of the molecule is CCNCc1csc(Cc2ccc(F)cc2Cl)n1. The lowest BCUT2D eigenvalue weighted by atomic mass is 10.1. The maximum Gasteiger partial charge on any atom is 0.124 e. The van der Waals surface area contributed by atoms with Crippen LogP contribution in [0.4, 0.5) is 4.39 Å². The van der Waals surface area contributed by atoms with Crippen molar-refractivity contribution >= 4 is 22.9 Å². The Kier molecular flexibility index (Phi) is 4.69. The van der Waals surface area contributed by atoms with Gasteiger partial charge in [-0.25, -0.2) is 9.37 Å². The Morgan fingerprint density at radius 2 is 2.28 bits per heavy atom. The molecular weight excluding hydrogens is 271 g/mol. The van der Waals surface area contributed by atoms with Gasteiger partial charge in [-0.15, -0.1) is 11.3 Å². The molecule has 0 atom stereocenters. The molecule has 1 heterocycles. The second-order valence-corrected chi connectivity index (χ2v) is 5.28. The molecule has 1 aromatic heterocycles. The zero-order valence-corrected chi connectivity index (χ0v) is 11.6. The van der Waals surface area contributed by atoms with E-state index in [1.54, 1.807) is 17.4 Å². The Morgan fingerprint density at radius 1 is 1.44 bits per heavy atom. The fourth-order valence-corrected chi connectivity index (χ4v) is 2.64. The second kappa shape index (κ2) is 6.27. The molecule has 5 heteroatoms. The molecule has 0 unspecified atom stereocenters. The van der Waals surface area contributed by atoms with Crippen LogP contribution in [-0.2, 0) is 13.0 Å². The summed E-state index contributed by atoms with van der Waals surface area (Å²) in [6.45, 7) is 3.77. The van der Waals surface area contributed by atoms with Gasteiger partial charge < -0.3 is 5.32 Å². The Balaban J connectivity index is 2.06. The van der Waals surface area contributed by atoms with E-state index in [2.05, 4.69) is 17.2 Å². The average molecular weight is 285 g/mol. The third-order valence-electron chi connectivity index (χ3n) is 2.51. The van der Waals surface area contributed by atoms with Gasteiger partial charge in [0.1, 0.15) is 5.82 Å². The monoisotopic (exact) mass is 284 g/mol. The second-order valence-electron chi connectivity index (χ2n) is 3.93. The average Bonchev–Trinajstić information content (AvgIpc) is 2.78. The zero-order chi connectivity index (χ0) is 13.0. The molecule has 0 saturated carbocycles. The smallest absolute Gasteiger partial charge is 0.124 e. The van der Waals surface area contributed by atoms with Crippen molar-refractivity contribution < 1.29 is 4.39 Å². The molecule has 2 aromatic rings. The molecule has 1 N–H and O–H groups in total. The fraction of sp³-hybridized carbons (Fsp3) is 0.308. The molecule has 0 amide bonds. The molecule has 18 heavy (non-hydrogen) atoms.